The van der Waals surface area contributed by atoms with E-state index in [4.69, 9.17) is 0 Å². The van der Waals surface area contributed by atoms with Crippen LogP contribution in [0.4, 0.5) is 0 Å². The molecule has 0 radical (unpaired) electrons. The first-order valence-corrected chi connectivity index (χ1v) is 6.89. The predicted octanol–water partition coefficient (Wildman–Crippen LogP) is 3.02. The van der Waals surface area contributed by atoms with Gasteiger partial charge in [0.1, 0.15) is 4.90 Å². The van der Waals surface area contributed by atoms with Crippen LogP contribution >= 0.6 is 11.8 Å². The molecule has 0 aliphatic carbocycles. The monoisotopic (exact) mass is 284 g/mol. The van der Waals surface area contributed by atoms with Crippen molar-refractivity contribution in [3.05, 3.63) is 71.0 Å². The predicted molar refractivity (Wildman–Crippen MR) is 78.6 cm³/mol. The van der Waals surface area contributed by atoms with Gasteiger partial charge in [-0.25, -0.2) is 4.68 Å². The quantitative estimate of drug-likeness (QED) is 0.777. The average Bonchev–Trinajstić information content (AvgIpc) is 2.77. The standard InChI is InChI=1S/C15H12N2O2S/c18-14-13(20-12-9-5-2-6-10-12)15(19)17(16-14)11-7-3-1-4-8-11/h1-10,19H,(H,16,18). The number of hydrogen-bond acceptors (Lipinski definition) is 3. The number of aromatic nitrogens is 2. The van der Waals surface area contributed by atoms with Crippen LogP contribution in [0.3, 0.4) is 0 Å². The van der Waals surface area contributed by atoms with E-state index in [0.29, 0.717) is 10.6 Å². The largest absolute Gasteiger partial charge is 0.492 e. The lowest BCUT2D eigenvalue weighted by atomic mass is 10.3. The zero-order valence-electron chi connectivity index (χ0n) is 10.5. The number of aromatic amines is 1. The van der Waals surface area contributed by atoms with Crippen LogP contribution in [-0.4, -0.2) is 14.9 Å². The molecule has 0 aliphatic heterocycles. The van der Waals surface area contributed by atoms with E-state index in [-0.39, 0.29) is 11.4 Å². The highest BCUT2D eigenvalue weighted by Gasteiger charge is 2.16. The minimum Gasteiger partial charge on any atom is -0.492 e. The van der Waals surface area contributed by atoms with Gasteiger partial charge in [0.2, 0.25) is 5.88 Å². The molecule has 3 aromatic rings. The number of benzene rings is 2. The Morgan fingerprint density at radius 2 is 1.55 bits per heavy atom. The van der Waals surface area contributed by atoms with Gasteiger partial charge in [-0.3, -0.25) is 9.89 Å². The van der Waals surface area contributed by atoms with Crippen LogP contribution in [0.25, 0.3) is 5.69 Å². The molecule has 0 saturated heterocycles. The number of hydrogen-bond donors (Lipinski definition) is 2. The summed E-state index contributed by atoms with van der Waals surface area (Å²) >= 11 is 1.24. The van der Waals surface area contributed by atoms with E-state index < -0.39 is 0 Å². The lowest BCUT2D eigenvalue weighted by Gasteiger charge is -2.04. The smallest absolute Gasteiger partial charge is 0.282 e. The normalized spacial score (nSPS) is 10.6. The summed E-state index contributed by atoms with van der Waals surface area (Å²) in [7, 11) is 0. The molecule has 0 bridgehead atoms. The Bertz CT molecular complexity index is 764. The Balaban J connectivity index is 2.02. The lowest BCUT2D eigenvalue weighted by molar-refractivity contribution is 0.423. The van der Waals surface area contributed by atoms with Crippen molar-refractivity contribution in [3.63, 3.8) is 0 Å². The Kier molecular flexibility index (Phi) is 3.35. The number of nitrogens with one attached hydrogen (secondary N) is 1. The molecule has 1 aromatic heterocycles. The third kappa shape index (κ3) is 2.35. The maximum atomic E-state index is 12.0. The van der Waals surface area contributed by atoms with Crippen molar-refractivity contribution in [2.45, 2.75) is 9.79 Å². The van der Waals surface area contributed by atoms with Crippen LogP contribution in [0, 0.1) is 0 Å². The first kappa shape index (κ1) is 12.6. The SMILES string of the molecule is O=c1[nH]n(-c2ccccc2)c(O)c1Sc1ccccc1. The number of rotatable bonds is 3. The summed E-state index contributed by atoms with van der Waals surface area (Å²) in [4.78, 5) is 13.2. The summed E-state index contributed by atoms with van der Waals surface area (Å²) in [6, 6.07) is 18.7. The molecule has 3 rings (SSSR count). The summed E-state index contributed by atoms with van der Waals surface area (Å²) in [5.41, 5.74) is 0.405. The van der Waals surface area contributed by atoms with E-state index in [2.05, 4.69) is 5.10 Å². The summed E-state index contributed by atoms with van der Waals surface area (Å²) in [5.74, 6) is -0.0740. The maximum Gasteiger partial charge on any atom is 0.282 e. The fourth-order valence-corrected chi connectivity index (χ4v) is 2.72. The van der Waals surface area contributed by atoms with Crippen LogP contribution in [-0.2, 0) is 0 Å². The zero-order chi connectivity index (χ0) is 13.9. The molecule has 0 atom stereocenters. The van der Waals surface area contributed by atoms with Crippen LogP contribution in [0.5, 0.6) is 5.88 Å². The van der Waals surface area contributed by atoms with Crippen LogP contribution < -0.4 is 5.56 Å². The third-order valence-electron chi connectivity index (χ3n) is 2.81. The Morgan fingerprint density at radius 3 is 2.20 bits per heavy atom. The van der Waals surface area contributed by atoms with E-state index in [9.17, 15) is 9.90 Å². The van der Waals surface area contributed by atoms with Gasteiger partial charge in [0.05, 0.1) is 5.69 Å². The molecule has 0 spiro atoms. The summed E-state index contributed by atoms with van der Waals surface area (Å²) < 4.78 is 1.38. The van der Waals surface area contributed by atoms with Gasteiger partial charge in [0, 0.05) is 4.90 Å². The van der Waals surface area contributed by atoms with Crippen LogP contribution in [0.15, 0.2) is 75.2 Å². The van der Waals surface area contributed by atoms with Crippen molar-refractivity contribution in [1.29, 1.82) is 0 Å². The molecule has 2 N–H and O–H groups in total. The van der Waals surface area contributed by atoms with Gasteiger partial charge < -0.3 is 5.11 Å². The molecular weight excluding hydrogens is 272 g/mol. The van der Waals surface area contributed by atoms with Gasteiger partial charge in [-0.2, -0.15) is 0 Å². The fraction of sp³-hybridized carbons (Fsp3) is 0. The van der Waals surface area contributed by atoms with E-state index in [0.717, 1.165) is 4.90 Å². The van der Waals surface area contributed by atoms with Gasteiger partial charge in [-0.1, -0.05) is 48.2 Å². The van der Waals surface area contributed by atoms with Crippen molar-refractivity contribution >= 4 is 11.8 Å². The van der Waals surface area contributed by atoms with Crippen molar-refractivity contribution in [2.75, 3.05) is 0 Å². The second-order valence-corrected chi connectivity index (χ2v) is 5.26. The molecule has 0 unspecified atom stereocenters. The Hall–Kier alpha value is -2.40. The Morgan fingerprint density at radius 1 is 0.950 bits per heavy atom. The number of nitrogens with zero attached hydrogens (tertiary/aromatic N) is 1. The summed E-state index contributed by atoms with van der Waals surface area (Å²) in [6.07, 6.45) is 0. The van der Waals surface area contributed by atoms with Crippen LogP contribution in [0.1, 0.15) is 0 Å². The molecule has 1 heterocycles. The van der Waals surface area contributed by atoms with Crippen molar-refractivity contribution in [3.8, 4) is 11.6 Å². The molecule has 0 saturated carbocycles. The molecule has 4 nitrogen and oxygen atoms in total. The number of aromatic hydroxyl groups is 1. The van der Waals surface area contributed by atoms with Crippen molar-refractivity contribution in [1.82, 2.24) is 9.78 Å². The van der Waals surface area contributed by atoms with Gasteiger partial charge in [-0.15, -0.1) is 0 Å². The van der Waals surface area contributed by atoms with E-state index in [1.807, 2.05) is 60.7 Å². The van der Waals surface area contributed by atoms with Gasteiger partial charge in [-0.05, 0) is 24.3 Å². The van der Waals surface area contributed by atoms with Gasteiger partial charge in [0.15, 0.2) is 0 Å². The molecule has 5 heteroatoms. The zero-order valence-corrected chi connectivity index (χ0v) is 11.3. The molecule has 100 valence electrons. The second-order valence-electron chi connectivity index (χ2n) is 4.18. The van der Waals surface area contributed by atoms with E-state index in [1.165, 1.54) is 16.4 Å². The maximum absolute atomic E-state index is 12.0. The molecule has 0 amide bonds. The van der Waals surface area contributed by atoms with E-state index >= 15 is 0 Å². The first-order chi connectivity index (χ1) is 9.75. The lowest BCUT2D eigenvalue weighted by Crippen LogP contribution is -2.04. The first-order valence-electron chi connectivity index (χ1n) is 6.08. The van der Waals surface area contributed by atoms with Gasteiger partial charge >= 0.3 is 0 Å². The highest BCUT2D eigenvalue weighted by atomic mass is 32.2. The van der Waals surface area contributed by atoms with Crippen LogP contribution in [0.2, 0.25) is 0 Å². The summed E-state index contributed by atoms with van der Waals surface area (Å²) in [5, 5.41) is 12.9. The Labute approximate surface area is 119 Å². The topological polar surface area (TPSA) is 58.0 Å². The molecule has 2 aromatic carbocycles. The molecule has 0 aliphatic rings. The van der Waals surface area contributed by atoms with Gasteiger partial charge in [0.25, 0.3) is 5.56 Å². The molecule has 20 heavy (non-hydrogen) atoms. The summed E-state index contributed by atoms with van der Waals surface area (Å²) in [6.45, 7) is 0. The average molecular weight is 284 g/mol. The number of para-hydroxylation sites is 1. The number of H-pyrrole nitrogens is 1. The third-order valence-corrected chi connectivity index (χ3v) is 3.89. The molecular formula is C15H12N2O2S. The van der Waals surface area contributed by atoms with Crippen molar-refractivity contribution < 1.29 is 5.11 Å². The van der Waals surface area contributed by atoms with Crippen molar-refractivity contribution in [2.24, 2.45) is 0 Å². The highest BCUT2D eigenvalue weighted by Crippen LogP contribution is 2.32. The second kappa shape index (κ2) is 5.30. The highest BCUT2D eigenvalue weighted by molar-refractivity contribution is 7.99. The minimum atomic E-state index is -0.305. The molecule has 0 fully saturated rings. The minimum absolute atomic E-state index is 0.0740. The fourth-order valence-electron chi connectivity index (χ4n) is 1.87. The van der Waals surface area contributed by atoms with E-state index in [1.54, 1.807) is 0 Å².